The van der Waals surface area contributed by atoms with Crippen molar-refractivity contribution in [1.82, 2.24) is 9.55 Å². The molecule has 0 saturated heterocycles. The van der Waals surface area contributed by atoms with Crippen LogP contribution in [0.15, 0.2) is 89.7 Å². The minimum atomic E-state index is -0.108. The molecule has 4 heteroatoms. The Balaban J connectivity index is 1.74. The summed E-state index contributed by atoms with van der Waals surface area (Å²) < 4.78 is 1.78. The smallest absolute Gasteiger partial charge is 0.294 e. The molecule has 26 heavy (non-hydrogen) atoms. The highest BCUT2D eigenvalue weighted by Gasteiger charge is 2.11. The lowest BCUT2D eigenvalue weighted by atomic mass is 10.2. The molecular weight excluding hydrogens is 322 g/mol. The quantitative estimate of drug-likeness (QED) is 0.595. The van der Waals surface area contributed by atoms with Gasteiger partial charge in [-0.1, -0.05) is 72.8 Å². The van der Waals surface area contributed by atoms with Crippen LogP contribution in [-0.4, -0.2) is 9.55 Å². The van der Waals surface area contributed by atoms with E-state index >= 15 is 0 Å². The Morgan fingerprint density at radius 1 is 0.769 bits per heavy atom. The standard InChI is InChI=1S/C22H19N3O/c26-22-21(23-15-17-9-3-1-4-10-17)24-19-13-7-8-14-20(19)25(22)16-18-11-5-2-6-12-18/h1-14H,15-16H2,(H,23,24). The van der Waals surface area contributed by atoms with Crippen LogP contribution in [-0.2, 0) is 13.1 Å². The molecule has 1 heterocycles. The summed E-state index contributed by atoms with van der Waals surface area (Å²) in [6, 6.07) is 27.7. The van der Waals surface area contributed by atoms with Crippen molar-refractivity contribution in [3.63, 3.8) is 0 Å². The third-order valence-corrected chi connectivity index (χ3v) is 4.34. The average Bonchev–Trinajstić information content (AvgIpc) is 2.70. The van der Waals surface area contributed by atoms with Crippen molar-refractivity contribution in [3.8, 4) is 0 Å². The van der Waals surface area contributed by atoms with Gasteiger partial charge in [-0.05, 0) is 23.3 Å². The van der Waals surface area contributed by atoms with E-state index < -0.39 is 0 Å². The van der Waals surface area contributed by atoms with E-state index in [1.165, 1.54) is 0 Å². The van der Waals surface area contributed by atoms with E-state index in [2.05, 4.69) is 10.3 Å². The number of aromatic nitrogens is 2. The number of benzene rings is 3. The Bertz CT molecular complexity index is 1070. The van der Waals surface area contributed by atoms with Crippen molar-refractivity contribution in [2.45, 2.75) is 13.1 Å². The van der Waals surface area contributed by atoms with Crippen LogP contribution in [0, 0.1) is 0 Å². The van der Waals surface area contributed by atoms with Gasteiger partial charge in [0.15, 0.2) is 5.82 Å². The van der Waals surface area contributed by atoms with E-state index in [1.807, 2.05) is 84.9 Å². The first-order chi connectivity index (χ1) is 12.8. The van der Waals surface area contributed by atoms with Crippen molar-refractivity contribution in [1.29, 1.82) is 0 Å². The second-order valence-electron chi connectivity index (χ2n) is 6.17. The number of anilines is 1. The number of nitrogens with zero attached hydrogens (tertiary/aromatic N) is 2. The molecule has 0 aliphatic heterocycles. The molecule has 0 spiro atoms. The van der Waals surface area contributed by atoms with Crippen LogP contribution in [0.4, 0.5) is 5.82 Å². The minimum Gasteiger partial charge on any atom is -0.361 e. The van der Waals surface area contributed by atoms with E-state index in [-0.39, 0.29) is 5.56 Å². The molecule has 0 atom stereocenters. The summed E-state index contributed by atoms with van der Waals surface area (Å²) in [5, 5.41) is 3.20. The van der Waals surface area contributed by atoms with Gasteiger partial charge in [0.1, 0.15) is 0 Å². The highest BCUT2D eigenvalue weighted by Crippen LogP contribution is 2.14. The first kappa shape index (κ1) is 16.1. The number of hydrogen-bond donors (Lipinski definition) is 1. The molecule has 0 aliphatic rings. The third kappa shape index (κ3) is 3.35. The Morgan fingerprint density at radius 2 is 1.38 bits per heavy atom. The van der Waals surface area contributed by atoms with Crippen molar-refractivity contribution < 1.29 is 0 Å². The second-order valence-corrected chi connectivity index (χ2v) is 6.17. The fourth-order valence-electron chi connectivity index (χ4n) is 3.01. The Labute approximate surface area is 151 Å². The van der Waals surface area contributed by atoms with Gasteiger partial charge in [-0.3, -0.25) is 9.36 Å². The number of hydrogen-bond acceptors (Lipinski definition) is 3. The van der Waals surface area contributed by atoms with Crippen LogP contribution in [0.2, 0.25) is 0 Å². The molecule has 0 aliphatic carbocycles. The van der Waals surface area contributed by atoms with Crippen LogP contribution < -0.4 is 10.9 Å². The maximum absolute atomic E-state index is 13.0. The number of para-hydroxylation sites is 2. The van der Waals surface area contributed by atoms with E-state index in [1.54, 1.807) is 4.57 Å². The van der Waals surface area contributed by atoms with Gasteiger partial charge in [-0.25, -0.2) is 4.98 Å². The maximum atomic E-state index is 13.0. The van der Waals surface area contributed by atoms with E-state index in [4.69, 9.17) is 0 Å². The van der Waals surface area contributed by atoms with Crippen LogP contribution in [0.5, 0.6) is 0 Å². The molecule has 0 unspecified atom stereocenters. The largest absolute Gasteiger partial charge is 0.361 e. The zero-order valence-electron chi connectivity index (χ0n) is 14.3. The summed E-state index contributed by atoms with van der Waals surface area (Å²) >= 11 is 0. The van der Waals surface area contributed by atoms with Crippen LogP contribution in [0.3, 0.4) is 0 Å². The first-order valence-electron chi connectivity index (χ1n) is 8.62. The molecule has 0 saturated carbocycles. The number of nitrogens with one attached hydrogen (secondary N) is 1. The lowest BCUT2D eigenvalue weighted by Crippen LogP contribution is -2.26. The van der Waals surface area contributed by atoms with Gasteiger partial charge < -0.3 is 5.32 Å². The molecule has 4 nitrogen and oxygen atoms in total. The van der Waals surface area contributed by atoms with Crippen molar-refractivity contribution in [2.24, 2.45) is 0 Å². The predicted molar refractivity (Wildman–Crippen MR) is 105 cm³/mol. The Hall–Kier alpha value is -3.40. The van der Waals surface area contributed by atoms with Gasteiger partial charge in [0.2, 0.25) is 0 Å². The summed E-state index contributed by atoms with van der Waals surface area (Å²) in [4.78, 5) is 17.6. The molecule has 0 bridgehead atoms. The van der Waals surface area contributed by atoms with Gasteiger partial charge in [-0.15, -0.1) is 0 Å². The zero-order valence-corrected chi connectivity index (χ0v) is 14.3. The Morgan fingerprint density at radius 3 is 2.12 bits per heavy atom. The summed E-state index contributed by atoms with van der Waals surface area (Å²) in [6.45, 7) is 1.08. The summed E-state index contributed by atoms with van der Waals surface area (Å²) in [5.41, 5.74) is 3.73. The lowest BCUT2D eigenvalue weighted by Gasteiger charge is -2.13. The summed E-state index contributed by atoms with van der Waals surface area (Å²) in [7, 11) is 0. The molecule has 0 fully saturated rings. The van der Waals surface area contributed by atoms with E-state index in [9.17, 15) is 4.79 Å². The fraction of sp³-hybridized carbons (Fsp3) is 0.0909. The molecule has 3 aromatic carbocycles. The van der Waals surface area contributed by atoms with Crippen LogP contribution in [0.25, 0.3) is 11.0 Å². The lowest BCUT2D eigenvalue weighted by molar-refractivity contribution is 0.787. The zero-order chi connectivity index (χ0) is 17.8. The minimum absolute atomic E-state index is 0.108. The molecule has 1 aromatic heterocycles. The van der Waals surface area contributed by atoms with Crippen molar-refractivity contribution in [3.05, 3.63) is 106 Å². The highest BCUT2D eigenvalue weighted by atomic mass is 16.1. The van der Waals surface area contributed by atoms with Gasteiger partial charge in [0, 0.05) is 6.54 Å². The van der Waals surface area contributed by atoms with Gasteiger partial charge in [0.25, 0.3) is 5.56 Å². The van der Waals surface area contributed by atoms with Crippen molar-refractivity contribution in [2.75, 3.05) is 5.32 Å². The number of fused-ring (bicyclic) bond motifs is 1. The predicted octanol–water partition coefficient (Wildman–Crippen LogP) is 4.06. The fourth-order valence-corrected chi connectivity index (χ4v) is 3.01. The Kier molecular flexibility index (Phi) is 4.48. The summed E-state index contributed by atoms with van der Waals surface area (Å²) in [6.07, 6.45) is 0. The number of rotatable bonds is 5. The van der Waals surface area contributed by atoms with Gasteiger partial charge in [-0.2, -0.15) is 0 Å². The second kappa shape index (κ2) is 7.23. The average molecular weight is 341 g/mol. The highest BCUT2D eigenvalue weighted by molar-refractivity contribution is 5.76. The van der Waals surface area contributed by atoms with Gasteiger partial charge >= 0.3 is 0 Å². The normalized spacial score (nSPS) is 10.8. The van der Waals surface area contributed by atoms with Crippen LogP contribution in [0.1, 0.15) is 11.1 Å². The SMILES string of the molecule is O=c1c(NCc2ccccc2)nc2ccccc2n1Cc1ccccc1. The topological polar surface area (TPSA) is 46.9 Å². The molecular formula is C22H19N3O. The van der Waals surface area contributed by atoms with Crippen molar-refractivity contribution >= 4 is 16.9 Å². The summed E-state index contributed by atoms with van der Waals surface area (Å²) in [5.74, 6) is 0.378. The van der Waals surface area contributed by atoms with Crippen LogP contribution >= 0.6 is 0 Å². The molecule has 4 aromatic rings. The molecule has 1 N–H and O–H groups in total. The third-order valence-electron chi connectivity index (χ3n) is 4.34. The molecule has 0 radical (unpaired) electrons. The molecule has 4 rings (SSSR count). The van der Waals surface area contributed by atoms with Gasteiger partial charge in [0.05, 0.1) is 17.6 Å². The first-order valence-corrected chi connectivity index (χ1v) is 8.62. The monoisotopic (exact) mass is 341 g/mol. The maximum Gasteiger partial charge on any atom is 0.294 e. The molecule has 128 valence electrons. The van der Waals surface area contributed by atoms with E-state index in [0.29, 0.717) is 18.9 Å². The molecule has 0 amide bonds. The van der Waals surface area contributed by atoms with E-state index in [0.717, 1.165) is 22.2 Å².